The highest BCUT2D eigenvalue weighted by Gasteiger charge is 2.07. The topological polar surface area (TPSA) is 59.1 Å². The van der Waals surface area contributed by atoms with Crippen LogP contribution in [0, 0.1) is 5.41 Å². The summed E-state index contributed by atoms with van der Waals surface area (Å²) in [6.45, 7) is 2.13. The van der Waals surface area contributed by atoms with Gasteiger partial charge in [-0.1, -0.05) is 6.92 Å². The monoisotopic (exact) mass is 224 g/mol. The van der Waals surface area contributed by atoms with E-state index in [9.17, 15) is 0 Å². The Bertz CT molecular complexity index is 352. The van der Waals surface area contributed by atoms with Gasteiger partial charge in [0, 0.05) is 10.5 Å². The summed E-state index contributed by atoms with van der Waals surface area (Å²) in [4.78, 5) is 1.02. The van der Waals surface area contributed by atoms with Crippen molar-refractivity contribution in [3.8, 4) is 5.75 Å². The summed E-state index contributed by atoms with van der Waals surface area (Å²) in [5.41, 5.74) is 6.29. The molecule has 0 fully saturated rings. The highest BCUT2D eigenvalue weighted by atomic mass is 32.2. The SMILES string of the molecule is CCCSc1cc(OC)ccc1C(=N)N. The van der Waals surface area contributed by atoms with E-state index in [0.717, 1.165) is 28.4 Å². The van der Waals surface area contributed by atoms with E-state index in [4.69, 9.17) is 15.9 Å². The molecular weight excluding hydrogens is 208 g/mol. The van der Waals surface area contributed by atoms with Crippen LogP contribution in [0.25, 0.3) is 0 Å². The van der Waals surface area contributed by atoms with E-state index in [0.29, 0.717) is 0 Å². The Morgan fingerprint density at radius 1 is 1.53 bits per heavy atom. The van der Waals surface area contributed by atoms with Crippen molar-refractivity contribution in [2.75, 3.05) is 12.9 Å². The Hall–Kier alpha value is -1.16. The second kappa shape index (κ2) is 5.66. The number of nitrogens with two attached hydrogens (primary N) is 1. The normalized spacial score (nSPS) is 10.0. The average Bonchev–Trinajstić information content (AvgIpc) is 2.25. The summed E-state index contributed by atoms with van der Waals surface area (Å²) in [6, 6.07) is 5.59. The molecule has 0 saturated heterocycles. The molecule has 3 N–H and O–H groups in total. The van der Waals surface area contributed by atoms with E-state index in [1.807, 2.05) is 18.2 Å². The molecule has 0 aliphatic rings. The van der Waals surface area contributed by atoms with Crippen LogP contribution >= 0.6 is 11.8 Å². The molecule has 3 nitrogen and oxygen atoms in total. The van der Waals surface area contributed by atoms with Crippen molar-refractivity contribution in [2.45, 2.75) is 18.2 Å². The lowest BCUT2D eigenvalue weighted by atomic mass is 10.2. The number of hydrogen-bond acceptors (Lipinski definition) is 3. The van der Waals surface area contributed by atoms with E-state index in [1.165, 1.54) is 0 Å². The number of nitrogen functional groups attached to an aromatic ring is 1. The number of methoxy groups -OCH3 is 1. The zero-order valence-electron chi connectivity index (χ0n) is 9.04. The largest absolute Gasteiger partial charge is 0.497 e. The number of rotatable bonds is 5. The summed E-state index contributed by atoms with van der Waals surface area (Å²) >= 11 is 1.70. The molecule has 15 heavy (non-hydrogen) atoms. The molecule has 0 amide bonds. The molecule has 0 spiro atoms. The molecule has 0 aliphatic heterocycles. The Morgan fingerprint density at radius 2 is 2.27 bits per heavy atom. The van der Waals surface area contributed by atoms with E-state index < -0.39 is 0 Å². The van der Waals surface area contributed by atoms with Gasteiger partial charge in [-0.05, 0) is 30.4 Å². The maximum Gasteiger partial charge on any atom is 0.123 e. The third-order valence-corrected chi connectivity index (χ3v) is 3.20. The summed E-state index contributed by atoms with van der Waals surface area (Å²) in [5.74, 6) is 1.93. The number of nitrogens with one attached hydrogen (secondary N) is 1. The van der Waals surface area contributed by atoms with Crippen molar-refractivity contribution in [1.82, 2.24) is 0 Å². The number of benzene rings is 1. The molecule has 1 aromatic rings. The maximum atomic E-state index is 7.46. The van der Waals surface area contributed by atoms with Gasteiger partial charge in [-0.2, -0.15) is 0 Å². The van der Waals surface area contributed by atoms with Crippen molar-refractivity contribution >= 4 is 17.6 Å². The van der Waals surface area contributed by atoms with Gasteiger partial charge < -0.3 is 10.5 Å². The molecule has 0 unspecified atom stereocenters. The summed E-state index contributed by atoms with van der Waals surface area (Å²) in [6.07, 6.45) is 1.10. The molecule has 0 bridgehead atoms. The van der Waals surface area contributed by atoms with Crippen LogP contribution in [0.15, 0.2) is 23.1 Å². The summed E-state index contributed by atoms with van der Waals surface area (Å²) in [7, 11) is 1.64. The van der Waals surface area contributed by atoms with Crippen molar-refractivity contribution in [1.29, 1.82) is 5.41 Å². The minimum atomic E-state index is 0.108. The number of ether oxygens (including phenoxy) is 1. The third kappa shape index (κ3) is 3.16. The Labute approximate surface area is 94.5 Å². The molecule has 82 valence electrons. The second-order valence-corrected chi connectivity index (χ2v) is 4.26. The van der Waals surface area contributed by atoms with Crippen LogP contribution in [0.2, 0.25) is 0 Å². The fraction of sp³-hybridized carbons (Fsp3) is 0.364. The van der Waals surface area contributed by atoms with Gasteiger partial charge in [0.25, 0.3) is 0 Å². The lowest BCUT2D eigenvalue weighted by Crippen LogP contribution is -2.12. The smallest absolute Gasteiger partial charge is 0.123 e. The van der Waals surface area contributed by atoms with Crippen LogP contribution in [-0.4, -0.2) is 18.7 Å². The lowest BCUT2D eigenvalue weighted by molar-refractivity contribution is 0.413. The van der Waals surface area contributed by atoms with Gasteiger partial charge in [-0.3, -0.25) is 5.41 Å². The van der Waals surface area contributed by atoms with Gasteiger partial charge in [-0.25, -0.2) is 0 Å². The predicted molar refractivity (Wildman–Crippen MR) is 65.0 cm³/mol. The van der Waals surface area contributed by atoms with E-state index in [2.05, 4.69) is 6.92 Å². The van der Waals surface area contributed by atoms with Crippen molar-refractivity contribution < 1.29 is 4.74 Å². The summed E-state index contributed by atoms with van der Waals surface area (Å²) in [5, 5.41) is 7.46. The molecule has 0 saturated carbocycles. The number of thioether (sulfide) groups is 1. The molecular formula is C11H16N2OS. The summed E-state index contributed by atoms with van der Waals surface area (Å²) < 4.78 is 5.14. The minimum Gasteiger partial charge on any atom is -0.497 e. The molecule has 1 rings (SSSR count). The Morgan fingerprint density at radius 3 is 2.80 bits per heavy atom. The van der Waals surface area contributed by atoms with Gasteiger partial charge in [0.05, 0.1) is 7.11 Å². The molecule has 0 atom stereocenters. The average molecular weight is 224 g/mol. The highest BCUT2D eigenvalue weighted by Crippen LogP contribution is 2.27. The Kier molecular flexibility index (Phi) is 4.49. The first-order valence-corrected chi connectivity index (χ1v) is 5.82. The zero-order chi connectivity index (χ0) is 11.3. The highest BCUT2D eigenvalue weighted by molar-refractivity contribution is 7.99. The van der Waals surface area contributed by atoms with Crippen LogP contribution in [-0.2, 0) is 0 Å². The van der Waals surface area contributed by atoms with E-state index in [-0.39, 0.29) is 5.84 Å². The number of amidine groups is 1. The molecule has 0 aliphatic carbocycles. The Balaban J connectivity index is 2.99. The fourth-order valence-corrected chi connectivity index (χ4v) is 2.14. The van der Waals surface area contributed by atoms with Crippen LogP contribution in [0.4, 0.5) is 0 Å². The van der Waals surface area contributed by atoms with Crippen molar-refractivity contribution in [3.63, 3.8) is 0 Å². The fourth-order valence-electron chi connectivity index (χ4n) is 1.18. The first-order chi connectivity index (χ1) is 7.19. The predicted octanol–water partition coefficient (Wildman–Crippen LogP) is 2.48. The quantitative estimate of drug-likeness (QED) is 0.459. The molecule has 0 aromatic heterocycles. The molecule has 1 aromatic carbocycles. The van der Waals surface area contributed by atoms with Crippen molar-refractivity contribution in [3.05, 3.63) is 23.8 Å². The first-order valence-electron chi connectivity index (χ1n) is 4.84. The van der Waals surface area contributed by atoms with Crippen LogP contribution in [0.1, 0.15) is 18.9 Å². The first kappa shape index (κ1) is 11.9. The van der Waals surface area contributed by atoms with Crippen LogP contribution in [0.5, 0.6) is 5.75 Å². The maximum absolute atomic E-state index is 7.46. The lowest BCUT2D eigenvalue weighted by Gasteiger charge is -2.09. The van der Waals surface area contributed by atoms with Gasteiger partial charge in [0.15, 0.2) is 0 Å². The van der Waals surface area contributed by atoms with Gasteiger partial charge in [0.1, 0.15) is 11.6 Å². The number of hydrogen-bond donors (Lipinski definition) is 2. The molecule has 0 heterocycles. The van der Waals surface area contributed by atoms with Gasteiger partial charge in [-0.15, -0.1) is 11.8 Å². The van der Waals surface area contributed by atoms with Crippen molar-refractivity contribution in [2.24, 2.45) is 5.73 Å². The van der Waals surface area contributed by atoms with Crippen LogP contribution in [0.3, 0.4) is 0 Å². The van der Waals surface area contributed by atoms with Crippen LogP contribution < -0.4 is 10.5 Å². The third-order valence-electron chi connectivity index (χ3n) is 1.94. The van der Waals surface area contributed by atoms with E-state index >= 15 is 0 Å². The van der Waals surface area contributed by atoms with Gasteiger partial charge in [0.2, 0.25) is 0 Å². The zero-order valence-corrected chi connectivity index (χ0v) is 9.86. The van der Waals surface area contributed by atoms with Gasteiger partial charge >= 0.3 is 0 Å². The molecule has 0 radical (unpaired) electrons. The molecule has 4 heteroatoms. The standard InChI is InChI=1S/C11H16N2OS/c1-3-6-15-10-7-8(14-2)4-5-9(10)11(12)13/h4-5,7H,3,6H2,1-2H3,(H3,12,13). The second-order valence-electron chi connectivity index (χ2n) is 3.12. The van der Waals surface area contributed by atoms with E-state index in [1.54, 1.807) is 18.9 Å². The minimum absolute atomic E-state index is 0.108.